The van der Waals surface area contributed by atoms with Gasteiger partial charge in [0, 0.05) is 6.42 Å². The Labute approximate surface area is 108 Å². The Bertz CT molecular complexity index is 333. The van der Waals surface area contributed by atoms with E-state index in [0.29, 0.717) is 6.42 Å². The normalized spacial score (nSPS) is 10.2. The van der Waals surface area contributed by atoms with E-state index in [9.17, 15) is 4.79 Å². The quantitative estimate of drug-likeness (QED) is 0.664. The van der Waals surface area contributed by atoms with Crippen molar-refractivity contribution in [3.63, 3.8) is 0 Å². The first kappa shape index (κ1) is 14.1. The maximum atomic E-state index is 10.9. The van der Waals surface area contributed by atoms with Crippen LogP contribution in [0.25, 0.3) is 0 Å². The molecule has 0 saturated carbocycles. The van der Waals surface area contributed by atoms with Gasteiger partial charge in [-0.1, -0.05) is 12.1 Å². The molecule has 1 rings (SSSR count). The number of aryl methyl sites for hydroxylation is 1. The molecular weight excluding hydrogens is 232 g/mol. The molecule has 0 atom stereocenters. The zero-order valence-corrected chi connectivity index (χ0v) is 11.4. The van der Waals surface area contributed by atoms with Crippen molar-refractivity contribution in [1.29, 1.82) is 0 Å². The first-order valence-electron chi connectivity index (χ1n) is 5.92. The van der Waals surface area contributed by atoms with Crippen molar-refractivity contribution >= 4 is 17.5 Å². The molecule has 1 aromatic rings. The summed E-state index contributed by atoms with van der Waals surface area (Å²) in [5, 5.41) is 0. The van der Waals surface area contributed by atoms with Gasteiger partial charge < -0.3 is 9.53 Å². The van der Waals surface area contributed by atoms with Gasteiger partial charge in [-0.3, -0.25) is 0 Å². The molecule has 3 heteroatoms. The van der Waals surface area contributed by atoms with E-state index in [1.165, 1.54) is 5.56 Å². The molecule has 0 aromatic heterocycles. The Morgan fingerprint density at radius 3 is 2.59 bits per heavy atom. The molecule has 1 aromatic carbocycles. The Morgan fingerprint density at radius 1 is 1.29 bits per heavy atom. The molecule has 0 aliphatic heterocycles. The zero-order chi connectivity index (χ0) is 12.5. The van der Waals surface area contributed by atoms with Crippen LogP contribution >= 0.6 is 11.8 Å². The van der Waals surface area contributed by atoms with Gasteiger partial charge in [0.25, 0.3) is 0 Å². The van der Waals surface area contributed by atoms with E-state index >= 15 is 0 Å². The fourth-order valence-corrected chi connectivity index (χ4v) is 1.87. The van der Waals surface area contributed by atoms with E-state index in [2.05, 4.69) is 6.26 Å². The first-order chi connectivity index (χ1) is 8.22. The number of thioether (sulfide) groups is 1. The van der Waals surface area contributed by atoms with E-state index in [0.717, 1.165) is 31.0 Å². The van der Waals surface area contributed by atoms with Crippen molar-refractivity contribution in [2.45, 2.75) is 26.2 Å². The topological polar surface area (TPSA) is 26.3 Å². The van der Waals surface area contributed by atoms with Gasteiger partial charge in [-0.15, -0.1) is 0 Å². The maximum absolute atomic E-state index is 10.9. The Hall–Kier alpha value is -0.960. The first-order valence-corrected chi connectivity index (χ1v) is 7.32. The van der Waals surface area contributed by atoms with E-state index < -0.39 is 0 Å². The zero-order valence-electron chi connectivity index (χ0n) is 10.6. The van der Waals surface area contributed by atoms with Gasteiger partial charge in [0.15, 0.2) is 0 Å². The van der Waals surface area contributed by atoms with Crippen LogP contribution < -0.4 is 4.74 Å². The minimum absolute atomic E-state index is 0.238. The Morgan fingerprint density at radius 2 is 2.00 bits per heavy atom. The summed E-state index contributed by atoms with van der Waals surface area (Å²) in [4.78, 5) is 10.9. The molecule has 0 amide bonds. The van der Waals surface area contributed by atoms with Gasteiger partial charge in [0.05, 0.1) is 6.61 Å². The average molecular weight is 252 g/mol. The highest BCUT2D eigenvalue weighted by atomic mass is 32.2. The van der Waals surface area contributed by atoms with Gasteiger partial charge in [-0.25, -0.2) is 0 Å². The molecule has 0 radical (unpaired) electrons. The molecule has 0 aliphatic rings. The van der Waals surface area contributed by atoms with E-state index in [1.807, 2.05) is 36.0 Å². The van der Waals surface area contributed by atoms with Crippen molar-refractivity contribution in [3.8, 4) is 5.75 Å². The molecule has 0 N–H and O–H groups in total. The molecule has 0 fully saturated rings. The predicted molar refractivity (Wildman–Crippen MR) is 73.9 cm³/mol. The lowest BCUT2D eigenvalue weighted by molar-refractivity contribution is -0.116. The molecular formula is C14H20O2S. The number of ketones is 1. The van der Waals surface area contributed by atoms with Gasteiger partial charge in [0.2, 0.25) is 0 Å². The van der Waals surface area contributed by atoms with E-state index in [4.69, 9.17) is 4.74 Å². The molecule has 17 heavy (non-hydrogen) atoms. The standard InChI is InChI=1S/C14H20O2S/c1-12(15)4-5-13-6-8-14(9-7-13)16-10-3-11-17-2/h6-9H,3-5,10-11H2,1-2H3. The summed E-state index contributed by atoms with van der Waals surface area (Å²) in [7, 11) is 0. The SMILES string of the molecule is CSCCCOc1ccc(CCC(C)=O)cc1. The minimum atomic E-state index is 0.238. The van der Waals surface area contributed by atoms with Crippen LogP contribution in [-0.2, 0) is 11.2 Å². The molecule has 94 valence electrons. The van der Waals surface area contributed by atoms with Crippen molar-refractivity contribution in [2.75, 3.05) is 18.6 Å². The molecule has 2 nitrogen and oxygen atoms in total. The summed E-state index contributed by atoms with van der Waals surface area (Å²) < 4.78 is 5.61. The van der Waals surface area contributed by atoms with Crippen molar-refractivity contribution in [1.82, 2.24) is 0 Å². The molecule has 0 saturated heterocycles. The second-order valence-electron chi connectivity index (χ2n) is 4.04. The van der Waals surface area contributed by atoms with Gasteiger partial charge in [0.1, 0.15) is 11.5 Å². The number of carbonyl (C=O) groups is 1. The van der Waals surface area contributed by atoms with Gasteiger partial charge in [-0.05, 0) is 49.5 Å². The summed E-state index contributed by atoms with van der Waals surface area (Å²) in [6, 6.07) is 8.03. The lowest BCUT2D eigenvalue weighted by Crippen LogP contribution is -1.99. The second kappa shape index (κ2) is 8.18. The maximum Gasteiger partial charge on any atom is 0.130 e. The van der Waals surface area contributed by atoms with Gasteiger partial charge >= 0.3 is 0 Å². The smallest absolute Gasteiger partial charge is 0.130 e. The largest absolute Gasteiger partial charge is 0.494 e. The molecule has 0 heterocycles. The highest BCUT2D eigenvalue weighted by molar-refractivity contribution is 7.98. The van der Waals surface area contributed by atoms with Crippen LogP contribution in [0.3, 0.4) is 0 Å². The van der Waals surface area contributed by atoms with Crippen LogP contribution in [0.4, 0.5) is 0 Å². The number of Topliss-reactive ketones (excluding diaryl/α,β-unsaturated/α-hetero) is 1. The van der Waals surface area contributed by atoms with Crippen LogP contribution in [-0.4, -0.2) is 24.4 Å². The number of rotatable bonds is 8. The lowest BCUT2D eigenvalue weighted by Gasteiger charge is -2.06. The van der Waals surface area contributed by atoms with Crippen LogP contribution in [0.15, 0.2) is 24.3 Å². The second-order valence-corrected chi connectivity index (χ2v) is 5.03. The molecule has 0 unspecified atom stereocenters. The number of hydrogen-bond donors (Lipinski definition) is 0. The third-order valence-electron chi connectivity index (χ3n) is 2.45. The van der Waals surface area contributed by atoms with Crippen molar-refractivity contribution in [2.24, 2.45) is 0 Å². The van der Waals surface area contributed by atoms with Crippen molar-refractivity contribution in [3.05, 3.63) is 29.8 Å². The summed E-state index contributed by atoms with van der Waals surface area (Å²) in [5.74, 6) is 2.29. The summed E-state index contributed by atoms with van der Waals surface area (Å²) in [5.41, 5.74) is 1.19. The van der Waals surface area contributed by atoms with Crippen LogP contribution in [0, 0.1) is 0 Å². The summed E-state index contributed by atoms with van der Waals surface area (Å²) >= 11 is 1.84. The van der Waals surface area contributed by atoms with Crippen LogP contribution in [0.5, 0.6) is 5.75 Å². The van der Waals surface area contributed by atoms with E-state index in [-0.39, 0.29) is 5.78 Å². The highest BCUT2D eigenvalue weighted by Gasteiger charge is 1.98. The monoisotopic (exact) mass is 252 g/mol. The van der Waals surface area contributed by atoms with Crippen molar-refractivity contribution < 1.29 is 9.53 Å². The fraction of sp³-hybridized carbons (Fsp3) is 0.500. The van der Waals surface area contributed by atoms with Crippen LogP contribution in [0.1, 0.15) is 25.3 Å². The third-order valence-corrected chi connectivity index (χ3v) is 3.15. The average Bonchev–Trinajstić information content (AvgIpc) is 2.33. The minimum Gasteiger partial charge on any atom is -0.494 e. The Kier molecular flexibility index (Phi) is 6.78. The third kappa shape index (κ3) is 6.37. The van der Waals surface area contributed by atoms with Crippen LogP contribution in [0.2, 0.25) is 0 Å². The Balaban J connectivity index is 2.31. The number of benzene rings is 1. The highest BCUT2D eigenvalue weighted by Crippen LogP contribution is 2.14. The molecule has 0 bridgehead atoms. The number of hydrogen-bond acceptors (Lipinski definition) is 3. The summed E-state index contributed by atoms with van der Waals surface area (Å²) in [6.07, 6.45) is 4.62. The van der Waals surface area contributed by atoms with E-state index in [1.54, 1.807) is 6.92 Å². The number of ether oxygens (including phenoxy) is 1. The number of carbonyl (C=O) groups excluding carboxylic acids is 1. The molecule has 0 spiro atoms. The fourth-order valence-electron chi connectivity index (χ4n) is 1.47. The van der Waals surface area contributed by atoms with Gasteiger partial charge in [-0.2, -0.15) is 11.8 Å². The lowest BCUT2D eigenvalue weighted by atomic mass is 10.1. The predicted octanol–water partition coefficient (Wildman–Crippen LogP) is 3.34. The summed E-state index contributed by atoms with van der Waals surface area (Å²) in [6.45, 7) is 2.40. The molecule has 0 aliphatic carbocycles.